The lowest BCUT2D eigenvalue weighted by Crippen LogP contribution is -2.50. The summed E-state index contributed by atoms with van der Waals surface area (Å²) in [4.78, 5) is 2.51. The molecule has 0 aromatic rings. The van der Waals surface area contributed by atoms with Crippen LogP contribution in [0.1, 0.15) is 53.9 Å². The van der Waals surface area contributed by atoms with Crippen LogP contribution in [0, 0.1) is 11.3 Å². The second kappa shape index (κ2) is 7.61. The van der Waals surface area contributed by atoms with Gasteiger partial charge < -0.3 is 9.84 Å². The van der Waals surface area contributed by atoms with Crippen molar-refractivity contribution in [1.82, 2.24) is 4.90 Å². The summed E-state index contributed by atoms with van der Waals surface area (Å²) in [5, 5.41) is 10.0. The number of nitrogens with zero attached hydrogens (tertiary/aromatic N) is 1. The second-order valence-corrected chi connectivity index (χ2v) is 6.83. The normalized spacial score (nSPS) is 28.9. The molecule has 19 heavy (non-hydrogen) atoms. The van der Waals surface area contributed by atoms with Gasteiger partial charge in [-0.1, -0.05) is 27.7 Å². The van der Waals surface area contributed by atoms with E-state index in [1.54, 1.807) is 0 Å². The van der Waals surface area contributed by atoms with Crippen molar-refractivity contribution in [2.75, 3.05) is 26.3 Å². The lowest BCUT2D eigenvalue weighted by molar-refractivity contribution is -0.0190. The Kier molecular flexibility index (Phi) is 6.78. The molecule has 1 N–H and O–H groups in total. The Morgan fingerprint density at radius 1 is 1.21 bits per heavy atom. The zero-order valence-electron chi connectivity index (χ0n) is 13.5. The molecule has 114 valence electrons. The number of aliphatic hydroxyl groups excluding tert-OH is 1. The average Bonchev–Trinajstić information content (AvgIpc) is 2.33. The van der Waals surface area contributed by atoms with Gasteiger partial charge in [-0.15, -0.1) is 0 Å². The van der Waals surface area contributed by atoms with Crippen molar-refractivity contribution in [2.45, 2.75) is 66.0 Å². The maximum Gasteiger partial charge on any atom is 0.0593 e. The van der Waals surface area contributed by atoms with Crippen molar-refractivity contribution < 1.29 is 9.84 Å². The lowest BCUT2D eigenvalue weighted by atomic mass is 9.68. The Labute approximate surface area is 119 Å². The van der Waals surface area contributed by atoms with E-state index in [0.717, 1.165) is 45.6 Å². The van der Waals surface area contributed by atoms with E-state index >= 15 is 0 Å². The fourth-order valence-electron chi connectivity index (χ4n) is 3.42. The number of hydrogen-bond acceptors (Lipinski definition) is 3. The first-order chi connectivity index (χ1) is 8.90. The van der Waals surface area contributed by atoms with Crippen LogP contribution in [-0.4, -0.2) is 48.5 Å². The molecule has 0 heterocycles. The lowest BCUT2D eigenvalue weighted by Gasteiger charge is -2.47. The minimum atomic E-state index is -0.121. The van der Waals surface area contributed by atoms with Gasteiger partial charge in [0, 0.05) is 19.2 Å². The Bertz CT molecular complexity index is 250. The number of ether oxygens (including phenoxy) is 1. The highest BCUT2D eigenvalue weighted by molar-refractivity contribution is 4.92. The standard InChI is InChI=1S/C16H33NO2/c1-6-17(10-11-19-7-2)15-12-13(18)8-9-14(15)16(3,4)5/h13-15,18H,6-12H2,1-5H3. The largest absolute Gasteiger partial charge is 0.393 e. The monoisotopic (exact) mass is 271 g/mol. The topological polar surface area (TPSA) is 32.7 Å². The van der Waals surface area contributed by atoms with E-state index in [1.807, 2.05) is 6.92 Å². The van der Waals surface area contributed by atoms with Crippen molar-refractivity contribution in [2.24, 2.45) is 11.3 Å². The number of hydrogen-bond donors (Lipinski definition) is 1. The highest BCUT2D eigenvalue weighted by Crippen LogP contribution is 2.40. The predicted octanol–water partition coefficient (Wildman–Crippen LogP) is 2.92. The van der Waals surface area contributed by atoms with E-state index in [2.05, 4.69) is 32.6 Å². The Morgan fingerprint density at radius 2 is 1.89 bits per heavy atom. The van der Waals surface area contributed by atoms with E-state index in [4.69, 9.17) is 4.74 Å². The van der Waals surface area contributed by atoms with E-state index in [9.17, 15) is 5.11 Å². The highest BCUT2D eigenvalue weighted by Gasteiger charge is 2.39. The van der Waals surface area contributed by atoms with Crippen LogP contribution >= 0.6 is 0 Å². The van der Waals surface area contributed by atoms with Crippen LogP contribution in [0.3, 0.4) is 0 Å². The molecule has 3 atom stereocenters. The summed E-state index contributed by atoms with van der Waals surface area (Å²) in [6.45, 7) is 14.9. The third kappa shape index (κ3) is 5.05. The van der Waals surface area contributed by atoms with Crippen molar-refractivity contribution in [3.63, 3.8) is 0 Å². The smallest absolute Gasteiger partial charge is 0.0593 e. The van der Waals surface area contributed by atoms with E-state index in [-0.39, 0.29) is 6.10 Å². The average molecular weight is 271 g/mol. The SMILES string of the molecule is CCOCCN(CC)C1CC(O)CCC1C(C)(C)C. The van der Waals surface area contributed by atoms with Gasteiger partial charge in [0.05, 0.1) is 12.7 Å². The second-order valence-electron chi connectivity index (χ2n) is 6.83. The van der Waals surface area contributed by atoms with Crippen molar-refractivity contribution in [3.8, 4) is 0 Å². The first kappa shape index (κ1) is 16.9. The molecule has 1 aliphatic carbocycles. The fourth-order valence-corrected chi connectivity index (χ4v) is 3.42. The molecule has 0 radical (unpaired) electrons. The molecular formula is C16H33NO2. The molecule has 0 aliphatic heterocycles. The molecule has 1 fully saturated rings. The molecule has 0 saturated heterocycles. The van der Waals surface area contributed by atoms with Crippen molar-refractivity contribution in [1.29, 1.82) is 0 Å². The number of aliphatic hydroxyl groups is 1. The zero-order chi connectivity index (χ0) is 14.5. The van der Waals surface area contributed by atoms with Gasteiger partial charge in [0.1, 0.15) is 0 Å². The Morgan fingerprint density at radius 3 is 2.42 bits per heavy atom. The highest BCUT2D eigenvalue weighted by atomic mass is 16.5. The van der Waals surface area contributed by atoms with Gasteiger partial charge in [-0.25, -0.2) is 0 Å². The summed E-state index contributed by atoms with van der Waals surface area (Å²) in [5.74, 6) is 0.664. The van der Waals surface area contributed by atoms with E-state index in [0.29, 0.717) is 17.4 Å². The third-order valence-electron chi connectivity index (χ3n) is 4.50. The van der Waals surface area contributed by atoms with Gasteiger partial charge in [-0.3, -0.25) is 4.90 Å². The maximum absolute atomic E-state index is 10.0. The van der Waals surface area contributed by atoms with Crippen LogP contribution in [0.4, 0.5) is 0 Å². The molecule has 3 nitrogen and oxygen atoms in total. The molecule has 0 spiro atoms. The molecule has 3 unspecified atom stereocenters. The molecule has 1 saturated carbocycles. The molecular weight excluding hydrogens is 238 g/mol. The van der Waals surface area contributed by atoms with Crippen LogP contribution in [-0.2, 0) is 4.74 Å². The van der Waals surface area contributed by atoms with Gasteiger partial charge in [0.2, 0.25) is 0 Å². The molecule has 0 amide bonds. The van der Waals surface area contributed by atoms with E-state index < -0.39 is 0 Å². The maximum atomic E-state index is 10.0. The van der Waals surface area contributed by atoms with Crippen LogP contribution in [0.25, 0.3) is 0 Å². The summed E-state index contributed by atoms with van der Waals surface area (Å²) in [7, 11) is 0. The van der Waals surface area contributed by atoms with Crippen LogP contribution in [0.2, 0.25) is 0 Å². The van der Waals surface area contributed by atoms with Gasteiger partial charge in [-0.2, -0.15) is 0 Å². The van der Waals surface area contributed by atoms with Crippen LogP contribution in [0.15, 0.2) is 0 Å². The molecule has 0 bridgehead atoms. The van der Waals surface area contributed by atoms with Crippen molar-refractivity contribution in [3.05, 3.63) is 0 Å². The first-order valence-corrected chi connectivity index (χ1v) is 7.90. The molecule has 1 aliphatic rings. The van der Waals surface area contributed by atoms with Crippen LogP contribution in [0.5, 0.6) is 0 Å². The van der Waals surface area contributed by atoms with Gasteiger partial charge in [-0.05, 0) is 44.1 Å². The summed E-state index contributed by atoms with van der Waals surface area (Å²) in [6.07, 6.45) is 2.90. The molecule has 1 rings (SSSR count). The number of likely N-dealkylation sites (N-methyl/N-ethyl adjacent to an activating group) is 1. The van der Waals surface area contributed by atoms with Crippen LogP contribution < -0.4 is 0 Å². The van der Waals surface area contributed by atoms with Gasteiger partial charge >= 0.3 is 0 Å². The fraction of sp³-hybridized carbons (Fsp3) is 1.00. The molecule has 0 aromatic carbocycles. The third-order valence-corrected chi connectivity index (χ3v) is 4.50. The van der Waals surface area contributed by atoms with Gasteiger partial charge in [0.15, 0.2) is 0 Å². The summed E-state index contributed by atoms with van der Waals surface area (Å²) >= 11 is 0. The first-order valence-electron chi connectivity index (χ1n) is 7.90. The molecule has 0 aromatic heterocycles. The Balaban J connectivity index is 2.70. The zero-order valence-corrected chi connectivity index (χ0v) is 13.5. The van der Waals surface area contributed by atoms with E-state index in [1.165, 1.54) is 0 Å². The summed E-state index contributed by atoms with van der Waals surface area (Å²) in [6, 6.07) is 0.495. The number of rotatable bonds is 6. The quantitative estimate of drug-likeness (QED) is 0.754. The minimum absolute atomic E-state index is 0.121. The predicted molar refractivity (Wildman–Crippen MR) is 80.3 cm³/mol. The van der Waals surface area contributed by atoms with Crippen molar-refractivity contribution >= 4 is 0 Å². The molecule has 3 heteroatoms. The van der Waals surface area contributed by atoms with Gasteiger partial charge in [0.25, 0.3) is 0 Å². The Hall–Kier alpha value is -0.120. The summed E-state index contributed by atoms with van der Waals surface area (Å²) in [5.41, 5.74) is 0.309. The minimum Gasteiger partial charge on any atom is -0.393 e. The summed E-state index contributed by atoms with van der Waals surface area (Å²) < 4.78 is 5.50.